The van der Waals surface area contributed by atoms with Crippen LogP contribution in [0.5, 0.6) is 0 Å². The van der Waals surface area contributed by atoms with Crippen LogP contribution in [-0.2, 0) is 0 Å². The van der Waals surface area contributed by atoms with Gasteiger partial charge in [0.2, 0.25) is 0 Å². The number of amides is 1. The number of hydrogen-bond acceptors (Lipinski definition) is 2. The molecule has 17 heavy (non-hydrogen) atoms. The lowest BCUT2D eigenvalue weighted by Gasteiger charge is -2.05. The predicted molar refractivity (Wildman–Crippen MR) is 67.7 cm³/mol. The zero-order valence-corrected chi connectivity index (χ0v) is 10.4. The topological polar surface area (TPSA) is 57.8 Å². The Morgan fingerprint density at radius 2 is 2.12 bits per heavy atom. The summed E-state index contributed by atoms with van der Waals surface area (Å²) >= 11 is 11.6. The van der Waals surface area contributed by atoms with Crippen LogP contribution in [0.4, 0.5) is 5.69 Å². The van der Waals surface area contributed by atoms with E-state index in [1.165, 1.54) is 6.20 Å². The van der Waals surface area contributed by atoms with Crippen molar-refractivity contribution in [3.05, 3.63) is 45.7 Å². The Labute approximate surface area is 108 Å². The van der Waals surface area contributed by atoms with Crippen molar-refractivity contribution in [3.8, 4) is 0 Å². The van der Waals surface area contributed by atoms with Crippen molar-refractivity contribution in [1.82, 2.24) is 10.2 Å². The first-order valence-electron chi connectivity index (χ1n) is 4.84. The Morgan fingerprint density at radius 3 is 2.71 bits per heavy atom. The number of nitrogens with one attached hydrogen (secondary N) is 2. The van der Waals surface area contributed by atoms with Gasteiger partial charge in [-0.2, -0.15) is 5.10 Å². The van der Waals surface area contributed by atoms with Crippen molar-refractivity contribution in [2.45, 2.75) is 6.92 Å². The van der Waals surface area contributed by atoms with Gasteiger partial charge in [0.25, 0.3) is 5.91 Å². The van der Waals surface area contributed by atoms with Gasteiger partial charge in [-0.3, -0.25) is 9.89 Å². The van der Waals surface area contributed by atoms with E-state index in [0.717, 1.165) is 0 Å². The van der Waals surface area contributed by atoms with E-state index in [-0.39, 0.29) is 5.91 Å². The number of benzene rings is 1. The Hall–Kier alpha value is -1.52. The molecule has 1 aromatic carbocycles. The molecule has 1 heterocycles. The summed E-state index contributed by atoms with van der Waals surface area (Å²) in [4.78, 5) is 11.8. The second kappa shape index (κ2) is 4.77. The van der Waals surface area contributed by atoms with E-state index in [1.54, 1.807) is 25.1 Å². The van der Waals surface area contributed by atoms with Crippen molar-refractivity contribution >= 4 is 34.8 Å². The van der Waals surface area contributed by atoms with Gasteiger partial charge in [0.15, 0.2) is 0 Å². The van der Waals surface area contributed by atoms with Crippen molar-refractivity contribution in [2.75, 3.05) is 5.32 Å². The number of aryl methyl sites for hydroxylation is 1. The summed E-state index contributed by atoms with van der Waals surface area (Å²) in [5.41, 5.74) is 1.80. The third-order valence-corrected chi connectivity index (χ3v) is 2.99. The molecule has 0 aliphatic carbocycles. The molecule has 0 unspecified atom stereocenters. The summed E-state index contributed by atoms with van der Waals surface area (Å²) in [6.07, 6.45) is 1.47. The van der Waals surface area contributed by atoms with Crippen LogP contribution in [0.25, 0.3) is 0 Å². The minimum absolute atomic E-state index is 0.241. The molecule has 2 rings (SSSR count). The van der Waals surface area contributed by atoms with Crippen molar-refractivity contribution in [2.24, 2.45) is 0 Å². The summed E-state index contributed by atoms with van der Waals surface area (Å²) in [6.45, 7) is 1.77. The number of nitrogens with zero attached hydrogens (tertiary/aromatic N) is 1. The SMILES string of the molecule is Cc1[nH]ncc1C(=O)Nc1ccc(Cl)c(Cl)c1. The summed E-state index contributed by atoms with van der Waals surface area (Å²) in [6, 6.07) is 4.90. The van der Waals surface area contributed by atoms with Gasteiger partial charge in [0.05, 0.1) is 21.8 Å². The van der Waals surface area contributed by atoms with Crippen molar-refractivity contribution in [3.63, 3.8) is 0 Å². The fourth-order valence-corrected chi connectivity index (χ4v) is 1.65. The molecule has 0 aliphatic rings. The second-order valence-electron chi connectivity index (χ2n) is 3.49. The van der Waals surface area contributed by atoms with Crippen LogP contribution in [-0.4, -0.2) is 16.1 Å². The van der Waals surface area contributed by atoms with Gasteiger partial charge >= 0.3 is 0 Å². The molecule has 2 N–H and O–H groups in total. The molecule has 1 aromatic heterocycles. The lowest BCUT2D eigenvalue weighted by molar-refractivity contribution is 0.102. The minimum Gasteiger partial charge on any atom is -0.322 e. The lowest BCUT2D eigenvalue weighted by Crippen LogP contribution is -2.12. The van der Waals surface area contributed by atoms with Crippen LogP contribution < -0.4 is 5.32 Å². The first-order valence-corrected chi connectivity index (χ1v) is 5.60. The monoisotopic (exact) mass is 269 g/mol. The number of aromatic amines is 1. The highest BCUT2D eigenvalue weighted by atomic mass is 35.5. The van der Waals surface area contributed by atoms with Crippen LogP contribution in [0.1, 0.15) is 16.1 Å². The van der Waals surface area contributed by atoms with E-state index in [1.807, 2.05) is 0 Å². The summed E-state index contributed by atoms with van der Waals surface area (Å²) in [7, 11) is 0. The Kier molecular flexibility index (Phi) is 3.36. The molecule has 2 aromatic rings. The second-order valence-corrected chi connectivity index (χ2v) is 4.31. The number of aromatic nitrogens is 2. The van der Waals surface area contributed by atoms with E-state index < -0.39 is 0 Å². The molecule has 1 amide bonds. The highest BCUT2D eigenvalue weighted by molar-refractivity contribution is 6.42. The average Bonchev–Trinajstić information content (AvgIpc) is 2.70. The smallest absolute Gasteiger partial charge is 0.259 e. The molecule has 0 atom stereocenters. The number of hydrogen-bond donors (Lipinski definition) is 2. The van der Waals surface area contributed by atoms with Gasteiger partial charge in [0, 0.05) is 11.4 Å². The largest absolute Gasteiger partial charge is 0.322 e. The lowest BCUT2D eigenvalue weighted by atomic mass is 10.2. The fourth-order valence-electron chi connectivity index (χ4n) is 1.35. The van der Waals surface area contributed by atoms with Gasteiger partial charge in [0.1, 0.15) is 0 Å². The van der Waals surface area contributed by atoms with Crippen LogP contribution in [0.3, 0.4) is 0 Å². The maximum Gasteiger partial charge on any atom is 0.259 e. The molecule has 0 saturated heterocycles. The van der Waals surface area contributed by atoms with Gasteiger partial charge < -0.3 is 5.32 Å². The number of halogens is 2. The highest BCUT2D eigenvalue weighted by Gasteiger charge is 2.11. The molecule has 0 aliphatic heterocycles. The molecular weight excluding hydrogens is 261 g/mol. The molecule has 0 radical (unpaired) electrons. The van der Waals surface area contributed by atoms with Gasteiger partial charge in [-0.25, -0.2) is 0 Å². The number of carbonyl (C=O) groups is 1. The number of carbonyl (C=O) groups excluding carboxylic acids is 1. The zero-order valence-electron chi connectivity index (χ0n) is 8.92. The Balaban J connectivity index is 2.19. The van der Waals surface area contributed by atoms with Crippen molar-refractivity contribution < 1.29 is 4.79 Å². The summed E-state index contributed by atoms with van der Waals surface area (Å²) in [5, 5.41) is 10.0. The zero-order chi connectivity index (χ0) is 12.4. The molecule has 4 nitrogen and oxygen atoms in total. The van der Waals surface area contributed by atoms with E-state index in [2.05, 4.69) is 15.5 Å². The number of anilines is 1. The highest BCUT2D eigenvalue weighted by Crippen LogP contribution is 2.25. The van der Waals surface area contributed by atoms with E-state index in [4.69, 9.17) is 23.2 Å². The number of H-pyrrole nitrogens is 1. The summed E-state index contributed by atoms with van der Waals surface area (Å²) < 4.78 is 0. The Morgan fingerprint density at radius 1 is 1.35 bits per heavy atom. The molecule has 0 fully saturated rings. The quantitative estimate of drug-likeness (QED) is 0.879. The van der Waals surface area contributed by atoms with Gasteiger partial charge in [-0.1, -0.05) is 23.2 Å². The van der Waals surface area contributed by atoms with Gasteiger partial charge in [-0.05, 0) is 25.1 Å². The first-order chi connectivity index (χ1) is 8.08. The van der Waals surface area contributed by atoms with E-state index in [9.17, 15) is 4.79 Å². The fraction of sp³-hybridized carbons (Fsp3) is 0.0909. The molecule has 0 spiro atoms. The maximum atomic E-state index is 11.8. The Bertz CT molecular complexity index is 566. The predicted octanol–water partition coefficient (Wildman–Crippen LogP) is 3.28. The van der Waals surface area contributed by atoms with Gasteiger partial charge in [-0.15, -0.1) is 0 Å². The van der Waals surface area contributed by atoms with Crippen LogP contribution in [0.15, 0.2) is 24.4 Å². The molecule has 0 bridgehead atoms. The van der Waals surface area contributed by atoms with Crippen LogP contribution in [0.2, 0.25) is 10.0 Å². The first kappa shape index (κ1) is 12.0. The van der Waals surface area contributed by atoms with E-state index >= 15 is 0 Å². The third-order valence-electron chi connectivity index (χ3n) is 2.25. The van der Waals surface area contributed by atoms with Crippen LogP contribution in [0, 0.1) is 6.92 Å². The average molecular weight is 270 g/mol. The third kappa shape index (κ3) is 2.60. The summed E-state index contributed by atoms with van der Waals surface area (Å²) in [5.74, 6) is -0.241. The molecule has 88 valence electrons. The molecule has 0 saturated carbocycles. The van der Waals surface area contributed by atoms with Crippen LogP contribution >= 0.6 is 23.2 Å². The maximum absolute atomic E-state index is 11.8. The normalized spacial score (nSPS) is 10.3. The van der Waals surface area contributed by atoms with E-state index in [0.29, 0.717) is 27.0 Å². The minimum atomic E-state index is -0.241. The van der Waals surface area contributed by atoms with Crippen molar-refractivity contribution in [1.29, 1.82) is 0 Å². The standard InChI is InChI=1S/C11H9Cl2N3O/c1-6-8(5-14-16-6)11(17)15-7-2-3-9(12)10(13)4-7/h2-5H,1H3,(H,14,16)(H,15,17). The molecular formula is C11H9Cl2N3O. The molecule has 6 heteroatoms. The number of rotatable bonds is 2.